The van der Waals surface area contributed by atoms with E-state index in [0.29, 0.717) is 33.4 Å². The fourth-order valence-electron chi connectivity index (χ4n) is 6.02. The minimum Gasteiger partial charge on any atom is -0.371 e. The Bertz CT molecular complexity index is 1370. The van der Waals surface area contributed by atoms with Gasteiger partial charge in [0.1, 0.15) is 29.8 Å². The minimum absolute atomic E-state index is 0.0815. The lowest BCUT2D eigenvalue weighted by molar-refractivity contribution is -0.176. The molecule has 12 heteroatoms. The maximum absolute atomic E-state index is 15.2. The highest BCUT2D eigenvalue weighted by molar-refractivity contribution is 7.89. The van der Waals surface area contributed by atoms with Crippen LogP contribution in [0, 0.1) is 17.7 Å². The Hall–Kier alpha value is -2.99. The van der Waals surface area contributed by atoms with Crippen molar-refractivity contribution in [2.24, 2.45) is 11.8 Å². The number of piperidine rings is 1. The third-order valence-corrected chi connectivity index (χ3v) is 10.2. The smallest absolute Gasteiger partial charge is 0.371 e. The van der Waals surface area contributed by atoms with Gasteiger partial charge in [0.25, 0.3) is 0 Å². The second kappa shape index (κ2) is 8.80. The van der Waals surface area contributed by atoms with Crippen molar-refractivity contribution >= 4 is 15.7 Å². The molecule has 2 aliphatic heterocycles. The molecule has 5 atom stereocenters. The van der Waals surface area contributed by atoms with E-state index in [1.165, 1.54) is 12.1 Å². The Labute approximate surface area is 211 Å². The van der Waals surface area contributed by atoms with Gasteiger partial charge in [0.2, 0.25) is 10.0 Å². The van der Waals surface area contributed by atoms with Crippen molar-refractivity contribution in [3.05, 3.63) is 78.1 Å². The van der Waals surface area contributed by atoms with Gasteiger partial charge in [0.15, 0.2) is 0 Å². The first-order valence-corrected chi connectivity index (χ1v) is 13.6. The van der Waals surface area contributed by atoms with E-state index in [2.05, 4.69) is 10.2 Å². The van der Waals surface area contributed by atoms with E-state index in [0.717, 1.165) is 13.1 Å². The number of sulfonamides is 1. The number of hydrogen-bond acceptors (Lipinski definition) is 5. The zero-order chi connectivity index (χ0) is 25.9. The molecule has 0 N–H and O–H groups in total. The highest BCUT2D eigenvalue weighted by atomic mass is 32.2. The summed E-state index contributed by atoms with van der Waals surface area (Å²) in [7, 11) is -4.40. The fraction of sp³-hybridized carbons (Fsp3) is 0.440. The van der Waals surface area contributed by atoms with Crippen LogP contribution in [0.5, 0.6) is 0 Å². The zero-order valence-electron chi connectivity index (χ0n) is 19.7. The molecule has 2 unspecified atom stereocenters. The van der Waals surface area contributed by atoms with Crippen LogP contribution >= 0.6 is 0 Å². The number of fused-ring (bicyclic) bond motifs is 1. The van der Waals surface area contributed by atoms with Crippen LogP contribution in [0.3, 0.4) is 0 Å². The molecule has 2 saturated heterocycles. The molecule has 6 rings (SSSR count). The second-order valence-electron chi connectivity index (χ2n) is 10.0. The number of alkyl halides is 3. The van der Waals surface area contributed by atoms with Gasteiger partial charge in [-0.1, -0.05) is 36.4 Å². The van der Waals surface area contributed by atoms with Gasteiger partial charge >= 0.3 is 6.18 Å². The van der Waals surface area contributed by atoms with Crippen molar-refractivity contribution in [1.29, 1.82) is 0 Å². The number of anilines is 1. The molecule has 1 aromatic heterocycles. The van der Waals surface area contributed by atoms with Crippen LogP contribution in [0.15, 0.2) is 61.2 Å². The lowest BCUT2D eigenvalue weighted by atomic mass is 10.0. The van der Waals surface area contributed by atoms with Crippen molar-refractivity contribution in [3.63, 3.8) is 0 Å². The molecule has 1 aliphatic carbocycles. The van der Waals surface area contributed by atoms with Gasteiger partial charge in [-0.2, -0.15) is 17.5 Å². The molecule has 3 aliphatic rings. The van der Waals surface area contributed by atoms with Gasteiger partial charge < -0.3 is 9.47 Å². The van der Waals surface area contributed by atoms with E-state index in [9.17, 15) is 21.6 Å². The van der Waals surface area contributed by atoms with Gasteiger partial charge in [-0.25, -0.2) is 12.8 Å². The third-order valence-electron chi connectivity index (χ3n) is 7.94. The van der Waals surface area contributed by atoms with Gasteiger partial charge in [0.05, 0.1) is 0 Å². The topological polar surface area (TPSA) is 71.3 Å². The highest BCUT2D eigenvalue weighted by Gasteiger charge is 2.57. The van der Waals surface area contributed by atoms with Gasteiger partial charge in [-0.05, 0) is 30.5 Å². The summed E-state index contributed by atoms with van der Waals surface area (Å²) in [5.41, 5.74) is 0.982. The minimum atomic E-state index is -4.76. The van der Waals surface area contributed by atoms with Crippen LogP contribution in [-0.2, 0) is 16.6 Å². The summed E-state index contributed by atoms with van der Waals surface area (Å²) in [5.74, 6) is 0.0887. The Morgan fingerprint density at radius 3 is 2.24 bits per heavy atom. The molecule has 3 aromatic rings. The molecule has 37 heavy (non-hydrogen) atoms. The average molecular weight is 536 g/mol. The lowest BCUT2D eigenvalue weighted by Gasteiger charge is -2.39. The monoisotopic (exact) mass is 535 g/mol. The molecule has 3 heterocycles. The molecule has 2 aromatic carbocycles. The van der Waals surface area contributed by atoms with Crippen LogP contribution in [0.2, 0.25) is 0 Å². The highest BCUT2D eigenvalue weighted by Crippen LogP contribution is 2.55. The van der Waals surface area contributed by atoms with E-state index < -0.39 is 39.9 Å². The summed E-state index contributed by atoms with van der Waals surface area (Å²) in [4.78, 5) is 2.05. The van der Waals surface area contributed by atoms with Gasteiger partial charge in [-0.3, -0.25) is 0 Å². The van der Waals surface area contributed by atoms with E-state index in [4.69, 9.17) is 0 Å². The van der Waals surface area contributed by atoms with Crippen molar-refractivity contribution in [2.75, 3.05) is 18.0 Å². The predicted octanol–water partition coefficient (Wildman–Crippen LogP) is 4.32. The van der Waals surface area contributed by atoms with E-state index in [1.54, 1.807) is 49.1 Å². The van der Waals surface area contributed by atoms with Crippen molar-refractivity contribution in [1.82, 2.24) is 19.1 Å². The maximum atomic E-state index is 15.2. The number of benzene rings is 2. The average Bonchev–Trinajstić information content (AvgIpc) is 3.23. The molecule has 0 amide bonds. The third kappa shape index (κ3) is 4.29. The maximum Gasteiger partial charge on any atom is 0.405 e. The molecule has 196 valence electrons. The first-order chi connectivity index (χ1) is 17.6. The van der Waals surface area contributed by atoms with Crippen LogP contribution in [-0.4, -0.2) is 52.8 Å². The summed E-state index contributed by atoms with van der Waals surface area (Å²) < 4.78 is 86.2. The Kier molecular flexibility index (Phi) is 5.79. The molecule has 7 nitrogen and oxygen atoms in total. The largest absolute Gasteiger partial charge is 0.405 e. The SMILES string of the molecule is O=S1(=O)[C@H](c2ccccc2)CCC(C(F)(F)F)N1Cc1ccc(N2C[C@@H]3C(n4cnnc4)[C@@H]3C2)cc1F. The van der Waals surface area contributed by atoms with Crippen molar-refractivity contribution < 1.29 is 26.0 Å². The molecule has 0 radical (unpaired) electrons. The molecule has 0 bridgehead atoms. The lowest BCUT2D eigenvalue weighted by Crippen LogP contribution is -2.52. The van der Waals surface area contributed by atoms with E-state index in [1.807, 2.05) is 9.47 Å². The van der Waals surface area contributed by atoms with Crippen LogP contribution in [0.4, 0.5) is 23.2 Å². The molecular formula is C25H25F4N5O2S. The number of hydrogen-bond donors (Lipinski definition) is 0. The molecule has 3 fully saturated rings. The van der Waals surface area contributed by atoms with Crippen LogP contribution in [0.25, 0.3) is 0 Å². The summed E-state index contributed by atoms with van der Waals surface area (Å²) >= 11 is 0. The molecular weight excluding hydrogens is 510 g/mol. The number of rotatable bonds is 5. The van der Waals surface area contributed by atoms with Crippen LogP contribution < -0.4 is 4.90 Å². The van der Waals surface area contributed by atoms with Crippen molar-refractivity contribution in [2.45, 2.75) is 42.9 Å². The fourth-order valence-corrected chi connectivity index (χ4v) is 8.18. The summed E-state index contributed by atoms with van der Waals surface area (Å²) in [5, 5.41) is 6.58. The van der Waals surface area contributed by atoms with E-state index in [-0.39, 0.29) is 18.4 Å². The van der Waals surface area contributed by atoms with E-state index >= 15 is 4.39 Å². The summed E-state index contributed by atoms with van der Waals surface area (Å²) in [6, 6.07) is 10.7. The summed E-state index contributed by atoms with van der Waals surface area (Å²) in [6.07, 6.45) is -1.92. The number of nitrogens with zero attached hydrogens (tertiary/aromatic N) is 5. The first kappa shape index (κ1) is 24.4. The number of aromatic nitrogens is 3. The zero-order valence-corrected chi connectivity index (χ0v) is 20.5. The normalized spacial score (nSPS) is 29.3. The standard InChI is InChI=1S/C25H25F4N5O2S/c26-21-10-18(32-12-19-20(13-32)24(19)33-14-30-31-15-33)7-6-17(21)11-34-23(25(27,28)29)9-8-22(37(34,35)36)16-4-2-1-3-5-16/h1-7,10,14-15,19-20,22-24H,8-9,11-13H2/t19-,20+,22-,23?,24?/m0/s1. The Balaban J connectivity index is 1.22. The number of halogens is 4. The predicted molar refractivity (Wildman–Crippen MR) is 127 cm³/mol. The van der Waals surface area contributed by atoms with Gasteiger partial charge in [-0.15, -0.1) is 10.2 Å². The van der Waals surface area contributed by atoms with Crippen LogP contribution in [0.1, 0.15) is 35.3 Å². The van der Waals surface area contributed by atoms with Gasteiger partial charge in [0, 0.05) is 48.8 Å². The molecule has 1 saturated carbocycles. The molecule has 0 spiro atoms. The first-order valence-electron chi connectivity index (χ1n) is 12.1. The second-order valence-corrected chi connectivity index (χ2v) is 12.1. The Morgan fingerprint density at radius 1 is 0.946 bits per heavy atom. The van der Waals surface area contributed by atoms with Crippen molar-refractivity contribution in [3.8, 4) is 0 Å². The summed E-state index contributed by atoms with van der Waals surface area (Å²) in [6.45, 7) is 0.770. The Morgan fingerprint density at radius 2 is 1.62 bits per heavy atom. The quantitative estimate of drug-likeness (QED) is 0.455.